The van der Waals surface area contributed by atoms with E-state index in [1.807, 2.05) is 18.2 Å². The zero-order chi connectivity index (χ0) is 23.2. The maximum absolute atomic E-state index is 12.3. The van der Waals surface area contributed by atoms with Crippen LogP contribution in [0.1, 0.15) is 40.7 Å². The second-order valence-corrected chi connectivity index (χ2v) is 8.56. The van der Waals surface area contributed by atoms with E-state index in [-0.39, 0.29) is 10.8 Å². The van der Waals surface area contributed by atoms with E-state index < -0.39 is 5.91 Å². The van der Waals surface area contributed by atoms with Crippen molar-refractivity contribution in [3.8, 4) is 11.8 Å². The highest BCUT2D eigenvalue weighted by molar-refractivity contribution is 6.32. The van der Waals surface area contributed by atoms with E-state index in [0.29, 0.717) is 18.0 Å². The van der Waals surface area contributed by atoms with Crippen LogP contribution in [-0.2, 0) is 6.42 Å². The summed E-state index contributed by atoms with van der Waals surface area (Å²) in [4.78, 5) is 14.7. The molecule has 0 aromatic heterocycles. The summed E-state index contributed by atoms with van der Waals surface area (Å²) in [6, 6.07) is 19.4. The molecular formula is C26H25ClN4O2. The predicted octanol–water partition coefficient (Wildman–Crippen LogP) is 4.88. The fraction of sp³-hybridized carbons (Fsp3) is 0.269. The number of rotatable bonds is 9. The van der Waals surface area contributed by atoms with Gasteiger partial charge in [0.1, 0.15) is 5.75 Å². The molecule has 1 fully saturated rings. The molecule has 0 bridgehead atoms. The van der Waals surface area contributed by atoms with E-state index in [4.69, 9.17) is 16.9 Å². The molecule has 0 unspecified atom stereocenters. The van der Waals surface area contributed by atoms with E-state index in [0.717, 1.165) is 35.8 Å². The van der Waals surface area contributed by atoms with Gasteiger partial charge in [0, 0.05) is 36.7 Å². The Kier molecular flexibility index (Phi) is 7.23. The first-order valence-corrected chi connectivity index (χ1v) is 11.4. The average Bonchev–Trinajstić information content (AvgIpc) is 3.67. The second kappa shape index (κ2) is 10.5. The molecule has 33 heavy (non-hydrogen) atoms. The molecule has 0 heterocycles. The van der Waals surface area contributed by atoms with Gasteiger partial charge in [-0.05, 0) is 53.8 Å². The van der Waals surface area contributed by atoms with Crippen LogP contribution in [0, 0.1) is 11.3 Å². The van der Waals surface area contributed by atoms with E-state index >= 15 is 0 Å². The highest BCUT2D eigenvalue weighted by Gasteiger charge is 2.28. The molecular weight excluding hydrogens is 436 g/mol. The lowest BCUT2D eigenvalue weighted by molar-refractivity contribution is 0.0955. The number of hydrogen-bond donors (Lipinski definition) is 2. The molecule has 7 heteroatoms. The Balaban J connectivity index is 1.47. The quantitative estimate of drug-likeness (QED) is 0.351. The SMILES string of the molecule is N#CCCN(CCc1ccc(/C=N/NC(=O)c2ccc(O)c(Cl)c2)c2ccccc12)C1CC1. The number of hydrazone groups is 1. The van der Waals surface area contributed by atoms with Crippen LogP contribution >= 0.6 is 11.6 Å². The first kappa shape index (κ1) is 22.8. The van der Waals surface area contributed by atoms with Gasteiger partial charge in [0.15, 0.2) is 0 Å². The Morgan fingerprint density at radius 3 is 2.70 bits per heavy atom. The number of phenolic OH excluding ortho intramolecular Hbond substituents is 1. The number of fused-ring (bicyclic) bond motifs is 1. The number of halogens is 1. The number of carbonyl (C=O) groups is 1. The molecule has 0 aliphatic heterocycles. The summed E-state index contributed by atoms with van der Waals surface area (Å²) in [6.07, 6.45) is 5.57. The summed E-state index contributed by atoms with van der Waals surface area (Å²) in [5.74, 6) is -0.486. The van der Waals surface area contributed by atoms with Crippen LogP contribution < -0.4 is 5.43 Å². The number of nitrogens with one attached hydrogen (secondary N) is 1. The first-order chi connectivity index (χ1) is 16.1. The first-order valence-electron chi connectivity index (χ1n) is 11.0. The van der Waals surface area contributed by atoms with E-state index in [1.54, 1.807) is 6.21 Å². The standard InChI is InChI=1S/C26H25ClN4O2/c27-24-16-19(8-11-25(24)32)26(33)30-29-17-20-7-6-18(22-4-1-2-5-23(20)22)12-15-31(14-3-13-28)21-9-10-21/h1-2,4-8,11,16-17,21,32H,3,9-10,12,14-15H2,(H,30,33)/b29-17+. The Labute approximate surface area is 198 Å². The highest BCUT2D eigenvalue weighted by atomic mass is 35.5. The molecule has 3 aromatic rings. The van der Waals surface area contributed by atoms with Gasteiger partial charge in [-0.1, -0.05) is 48.0 Å². The minimum atomic E-state index is -0.411. The lowest BCUT2D eigenvalue weighted by Crippen LogP contribution is -2.29. The molecule has 1 amide bonds. The van der Waals surface area contributed by atoms with Crippen molar-refractivity contribution in [2.75, 3.05) is 13.1 Å². The lowest BCUT2D eigenvalue weighted by Gasteiger charge is -2.21. The van der Waals surface area contributed by atoms with Crippen molar-refractivity contribution < 1.29 is 9.90 Å². The summed E-state index contributed by atoms with van der Waals surface area (Å²) in [6.45, 7) is 1.77. The molecule has 168 valence electrons. The fourth-order valence-corrected chi connectivity index (χ4v) is 4.14. The van der Waals surface area contributed by atoms with Gasteiger partial charge < -0.3 is 5.11 Å². The predicted molar refractivity (Wildman–Crippen MR) is 131 cm³/mol. The number of nitriles is 1. The largest absolute Gasteiger partial charge is 0.506 e. The molecule has 0 spiro atoms. The summed E-state index contributed by atoms with van der Waals surface area (Å²) in [5.41, 5.74) is 4.98. The van der Waals surface area contributed by atoms with Gasteiger partial charge >= 0.3 is 0 Å². The van der Waals surface area contributed by atoms with E-state index in [2.05, 4.69) is 39.7 Å². The number of benzene rings is 3. The normalized spacial score (nSPS) is 13.5. The molecule has 3 aromatic carbocycles. The maximum atomic E-state index is 12.3. The van der Waals surface area contributed by atoms with Crippen LogP contribution in [0.4, 0.5) is 0 Å². The topological polar surface area (TPSA) is 88.7 Å². The summed E-state index contributed by atoms with van der Waals surface area (Å²) in [5, 5.41) is 24.9. The molecule has 1 saturated carbocycles. The smallest absolute Gasteiger partial charge is 0.271 e. The Bertz CT molecular complexity index is 1230. The average molecular weight is 461 g/mol. The van der Waals surface area contributed by atoms with Gasteiger partial charge in [0.05, 0.1) is 17.3 Å². The van der Waals surface area contributed by atoms with Crippen molar-refractivity contribution in [3.63, 3.8) is 0 Å². The van der Waals surface area contributed by atoms with Crippen LogP contribution in [-0.4, -0.2) is 41.3 Å². The van der Waals surface area contributed by atoms with Gasteiger partial charge in [-0.15, -0.1) is 0 Å². The van der Waals surface area contributed by atoms with Crippen molar-refractivity contribution in [2.24, 2.45) is 5.10 Å². The summed E-state index contributed by atoms with van der Waals surface area (Å²) < 4.78 is 0. The molecule has 2 N–H and O–H groups in total. The molecule has 0 radical (unpaired) electrons. The number of nitrogens with zero attached hydrogens (tertiary/aromatic N) is 3. The minimum absolute atomic E-state index is 0.0754. The zero-order valence-electron chi connectivity index (χ0n) is 18.2. The molecule has 6 nitrogen and oxygen atoms in total. The van der Waals surface area contributed by atoms with Gasteiger partial charge in [-0.25, -0.2) is 5.43 Å². The number of hydrogen-bond acceptors (Lipinski definition) is 5. The van der Waals surface area contributed by atoms with Crippen LogP contribution in [0.2, 0.25) is 5.02 Å². The van der Waals surface area contributed by atoms with Crippen molar-refractivity contribution in [1.82, 2.24) is 10.3 Å². The fourth-order valence-electron chi connectivity index (χ4n) is 3.96. The van der Waals surface area contributed by atoms with E-state index in [1.165, 1.54) is 36.6 Å². The third-order valence-electron chi connectivity index (χ3n) is 5.87. The van der Waals surface area contributed by atoms with Gasteiger partial charge in [0.2, 0.25) is 0 Å². The van der Waals surface area contributed by atoms with Crippen molar-refractivity contribution in [1.29, 1.82) is 5.26 Å². The Morgan fingerprint density at radius 1 is 1.18 bits per heavy atom. The van der Waals surface area contributed by atoms with Gasteiger partial charge in [0.25, 0.3) is 5.91 Å². The monoisotopic (exact) mass is 460 g/mol. The van der Waals surface area contributed by atoms with Crippen molar-refractivity contribution in [2.45, 2.75) is 31.7 Å². The third kappa shape index (κ3) is 5.70. The Morgan fingerprint density at radius 2 is 1.97 bits per heavy atom. The van der Waals surface area contributed by atoms with Crippen LogP contribution in [0.25, 0.3) is 10.8 Å². The van der Waals surface area contributed by atoms with Crippen LogP contribution in [0.5, 0.6) is 5.75 Å². The Hall–Kier alpha value is -3.40. The number of amides is 1. The van der Waals surface area contributed by atoms with E-state index in [9.17, 15) is 9.90 Å². The molecule has 1 aliphatic carbocycles. The van der Waals surface area contributed by atoms with Gasteiger partial charge in [-0.3, -0.25) is 9.69 Å². The summed E-state index contributed by atoms with van der Waals surface area (Å²) >= 11 is 5.87. The molecule has 1 aliphatic rings. The van der Waals surface area contributed by atoms with Crippen LogP contribution in [0.15, 0.2) is 59.7 Å². The molecule has 0 saturated heterocycles. The molecule has 0 atom stereocenters. The highest BCUT2D eigenvalue weighted by Crippen LogP contribution is 2.28. The number of phenols is 1. The lowest BCUT2D eigenvalue weighted by atomic mass is 9.98. The van der Waals surface area contributed by atoms with Crippen molar-refractivity contribution in [3.05, 3.63) is 76.3 Å². The van der Waals surface area contributed by atoms with Crippen LogP contribution in [0.3, 0.4) is 0 Å². The maximum Gasteiger partial charge on any atom is 0.271 e. The number of aromatic hydroxyl groups is 1. The second-order valence-electron chi connectivity index (χ2n) is 8.15. The summed E-state index contributed by atoms with van der Waals surface area (Å²) in [7, 11) is 0. The molecule has 4 rings (SSSR count). The zero-order valence-corrected chi connectivity index (χ0v) is 18.9. The van der Waals surface area contributed by atoms with Gasteiger partial charge in [-0.2, -0.15) is 10.4 Å². The van der Waals surface area contributed by atoms with Crippen molar-refractivity contribution >= 4 is 34.5 Å². The minimum Gasteiger partial charge on any atom is -0.506 e. The third-order valence-corrected chi connectivity index (χ3v) is 6.17. The number of carbonyl (C=O) groups excluding carboxylic acids is 1.